The maximum Gasteiger partial charge on any atom is 0.0402 e. The summed E-state index contributed by atoms with van der Waals surface area (Å²) < 4.78 is 0. The molecule has 0 spiro atoms. The lowest BCUT2D eigenvalue weighted by Gasteiger charge is -2.27. The van der Waals surface area contributed by atoms with Crippen LogP contribution in [0.2, 0.25) is 0 Å². The van der Waals surface area contributed by atoms with Crippen molar-refractivity contribution < 1.29 is 0 Å². The Bertz CT molecular complexity index is 429. The maximum atomic E-state index is 6.20. The van der Waals surface area contributed by atoms with E-state index in [0.717, 1.165) is 0 Å². The highest BCUT2D eigenvalue weighted by Gasteiger charge is 2.48. The summed E-state index contributed by atoms with van der Waals surface area (Å²) in [4.78, 5) is 2.21. The molecule has 1 aromatic rings. The van der Waals surface area contributed by atoms with Crippen molar-refractivity contribution in [2.45, 2.75) is 45.1 Å². The Labute approximate surface area is 105 Å². The van der Waals surface area contributed by atoms with Crippen molar-refractivity contribution in [2.75, 3.05) is 19.0 Å². The second kappa shape index (κ2) is 4.02. The van der Waals surface area contributed by atoms with Crippen LogP contribution in [0.3, 0.4) is 0 Å². The minimum atomic E-state index is 0.234. The van der Waals surface area contributed by atoms with E-state index < -0.39 is 0 Å². The zero-order valence-corrected chi connectivity index (χ0v) is 11.7. The molecule has 0 heterocycles. The van der Waals surface area contributed by atoms with Crippen molar-refractivity contribution in [3.8, 4) is 0 Å². The van der Waals surface area contributed by atoms with Crippen molar-refractivity contribution >= 4 is 5.69 Å². The molecular formula is C15H24N2. The SMILES string of the molecule is Cc1cc(N(C)C)c(C2(C(C)N)CC2)cc1C. The molecule has 0 radical (unpaired) electrons. The summed E-state index contributed by atoms with van der Waals surface area (Å²) in [5, 5.41) is 0. The molecule has 1 aliphatic carbocycles. The van der Waals surface area contributed by atoms with E-state index in [9.17, 15) is 0 Å². The van der Waals surface area contributed by atoms with Gasteiger partial charge in [0.25, 0.3) is 0 Å². The van der Waals surface area contributed by atoms with E-state index in [2.05, 4.69) is 51.9 Å². The fraction of sp³-hybridized carbons (Fsp3) is 0.600. The van der Waals surface area contributed by atoms with E-state index in [1.54, 1.807) is 0 Å². The van der Waals surface area contributed by atoms with Crippen LogP contribution in [0.1, 0.15) is 36.5 Å². The predicted molar refractivity (Wildman–Crippen MR) is 74.8 cm³/mol. The van der Waals surface area contributed by atoms with Gasteiger partial charge in [-0.05, 0) is 56.4 Å². The van der Waals surface area contributed by atoms with Crippen LogP contribution in [0.15, 0.2) is 12.1 Å². The van der Waals surface area contributed by atoms with Crippen LogP contribution in [0, 0.1) is 13.8 Å². The molecule has 1 fully saturated rings. The highest BCUT2D eigenvalue weighted by atomic mass is 15.1. The van der Waals surface area contributed by atoms with E-state index in [1.165, 1.54) is 35.2 Å². The minimum Gasteiger partial charge on any atom is -0.377 e. The molecule has 1 unspecified atom stereocenters. The van der Waals surface area contributed by atoms with Crippen LogP contribution in [-0.2, 0) is 5.41 Å². The Hall–Kier alpha value is -1.02. The fourth-order valence-electron chi connectivity index (χ4n) is 2.67. The highest BCUT2D eigenvalue weighted by Crippen LogP contribution is 2.53. The largest absolute Gasteiger partial charge is 0.377 e. The third kappa shape index (κ3) is 1.95. The summed E-state index contributed by atoms with van der Waals surface area (Å²) in [6.07, 6.45) is 2.46. The van der Waals surface area contributed by atoms with Crippen LogP contribution in [0.25, 0.3) is 0 Å². The zero-order valence-electron chi connectivity index (χ0n) is 11.7. The number of hydrogen-bond acceptors (Lipinski definition) is 2. The molecule has 94 valence electrons. The number of benzene rings is 1. The third-order valence-corrected chi connectivity index (χ3v) is 4.29. The first-order chi connectivity index (χ1) is 7.88. The normalized spacial score (nSPS) is 18.9. The number of nitrogens with zero attached hydrogens (tertiary/aromatic N) is 1. The third-order valence-electron chi connectivity index (χ3n) is 4.29. The predicted octanol–water partition coefficient (Wildman–Crippen LogP) is 2.75. The van der Waals surface area contributed by atoms with Gasteiger partial charge in [-0.25, -0.2) is 0 Å². The van der Waals surface area contributed by atoms with Gasteiger partial charge in [0.15, 0.2) is 0 Å². The molecule has 2 heteroatoms. The standard InChI is InChI=1S/C15H24N2/c1-10-8-13(15(6-7-15)12(3)16)14(17(4)5)9-11(10)2/h8-9,12H,6-7,16H2,1-5H3. The Kier molecular flexibility index (Phi) is 2.94. The lowest BCUT2D eigenvalue weighted by atomic mass is 9.86. The summed E-state index contributed by atoms with van der Waals surface area (Å²) in [7, 11) is 4.23. The minimum absolute atomic E-state index is 0.234. The summed E-state index contributed by atoms with van der Waals surface area (Å²) in [6.45, 7) is 6.51. The molecule has 0 amide bonds. The molecule has 2 N–H and O–H groups in total. The molecule has 17 heavy (non-hydrogen) atoms. The topological polar surface area (TPSA) is 29.3 Å². The van der Waals surface area contributed by atoms with E-state index in [-0.39, 0.29) is 11.5 Å². The van der Waals surface area contributed by atoms with Gasteiger partial charge in [0.05, 0.1) is 0 Å². The molecule has 1 atom stereocenters. The van der Waals surface area contributed by atoms with Crippen molar-refractivity contribution in [1.82, 2.24) is 0 Å². The lowest BCUT2D eigenvalue weighted by Crippen LogP contribution is -2.33. The Morgan fingerprint density at radius 2 is 1.71 bits per heavy atom. The second-order valence-corrected chi connectivity index (χ2v) is 5.79. The average Bonchev–Trinajstić information content (AvgIpc) is 3.02. The summed E-state index contributed by atoms with van der Waals surface area (Å²) in [6, 6.07) is 4.89. The van der Waals surface area contributed by atoms with Crippen LogP contribution >= 0.6 is 0 Å². The smallest absolute Gasteiger partial charge is 0.0402 e. The molecule has 0 bridgehead atoms. The van der Waals surface area contributed by atoms with Gasteiger partial charge in [-0.2, -0.15) is 0 Å². The van der Waals surface area contributed by atoms with Crippen LogP contribution in [-0.4, -0.2) is 20.1 Å². The molecule has 2 nitrogen and oxygen atoms in total. The Balaban J connectivity index is 2.56. The quantitative estimate of drug-likeness (QED) is 0.868. The average molecular weight is 232 g/mol. The summed E-state index contributed by atoms with van der Waals surface area (Å²) in [5.41, 5.74) is 12.0. The maximum absolute atomic E-state index is 6.20. The lowest BCUT2D eigenvalue weighted by molar-refractivity contribution is 0.556. The first-order valence-corrected chi connectivity index (χ1v) is 6.43. The summed E-state index contributed by atoms with van der Waals surface area (Å²) >= 11 is 0. The molecular weight excluding hydrogens is 208 g/mol. The van der Waals surface area contributed by atoms with Crippen molar-refractivity contribution in [2.24, 2.45) is 5.73 Å². The van der Waals surface area contributed by atoms with Gasteiger partial charge in [0.2, 0.25) is 0 Å². The second-order valence-electron chi connectivity index (χ2n) is 5.79. The number of rotatable bonds is 3. The highest BCUT2D eigenvalue weighted by molar-refractivity contribution is 5.61. The van der Waals surface area contributed by atoms with Crippen LogP contribution in [0.4, 0.5) is 5.69 Å². The van der Waals surface area contributed by atoms with Gasteiger partial charge in [-0.3, -0.25) is 0 Å². The van der Waals surface area contributed by atoms with Gasteiger partial charge < -0.3 is 10.6 Å². The first kappa shape index (κ1) is 12.4. The van der Waals surface area contributed by atoms with E-state index >= 15 is 0 Å². The fourth-order valence-corrected chi connectivity index (χ4v) is 2.67. The van der Waals surface area contributed by atoms with E-state index in [4.69, 9.17) is 5.73 Å². The van der Waals surface area contributed by atoms with Crippen molar-refractivity contribution in [3.05, 3.63) is 28.8 Å². The van der Waals surface area contributed by atoms with Crippen LogP contribution in [0.5, 0.6) is 0 Å². The van der Waals surface area contributed by atoms with Gasteiger partial charge in [0.1, 0.15) is 0 Å². The zero-order chi connectivity index (χ0) is 12.8. The first-order valence-electron chi connectivity index (χ1n) is 6.43. The monoisotopic (exact) mass is 232 g/mol. The van der Waals surface area contributed by atoms with Crippen molar-refractivity contribution in [3.63, 3.8) is 0 Å². The number of aryl methyl sites for hydroxylation is 2. The van der Waals surface area contributed by atoms with Gasteiger partial charge in [0, 0.05) is 31.2 Å². The van der Waals surface area contributed by atoms with E-state index in [1.807, 2.05) is 0 Å². The Morgan fingerprint density at radius 3 is 2.12 bits per heavy atom. The molecule has 0 aliphatic heterocycles. The number of hydrogen-bond donors (Lipinski definition) is 1. The number of nitrogens with two attached hydrogens (primary N) is 1. The molecule has 1 aromatic carbocycles. The van der Waals surface area contributed by atoms with E-state index in [0.29, 0.717) is 0 Å². The Morgan fingerprint density at radius 1 is 1.18 bits per heavy atom. The molecule has 1 aliphatic rings. The molecule has 2 rings (SSSR count). The van der Waals surface area contributed by atoms with Gasteiger partial charge >= 0.3 is 0 Å². The summed E-state index contributed by atoms with van der Waals surface area (Å²) in [5.74, 6) is 0. The molecule has 0 aromatic heterocycles. The van der Waals surface area contributed by atoms with Crippen molar-refractivity contribution in [1.29, 1.82) is 0 Å². The number of anilines is 1. The van der Waals surface area contributed by atoms with Gasteiger partial charge in [-0.15, -0.1) is 0 Å². The van der Waals surface area contributed by atoms with Crippen LogP contribution < -0.4 is 10.6 Å². The molecule has 0 saturated heterocycles. The van der Waals surface area contributed by atoms with Gasteiger partial charge in [-0.1, -0.05) is 6.07 Å². The molecule has 1 saturated carbocycles.